The maximum absolute atomic E-state index is 13.9. The lowest BCUT2D eigenvalue weighted by molar-refractivity contribution is 0.503. The molecule has 4 nitrogen and oxygen atoms in total. The molecule has 2 atom stereocenters. The molecule has 0 saturated carbocycles. The van der Waals surface area contributed by atoms with E-state index in [4.69, 9.17) is 5.73 Å². The van der Waals surface area contributed by atoms with Crippen molar-refractivity contribution in [1.29, 1.82) is 0 Å². The summed E-state index contributed by atoms with van der Waals surface area (Å²) >= 11 is 0. The smallest absolute Gasteiger partial charge is 0.216 e. The number of hydrogen-bond acceptors (Lipinski definition) is 3. The molecule has 2 unspecified atom stereocenters. The summed E-state index contributed by atoms with van der Waals surface area (Å²) in [6.45, 7) is 0. The third-order valence-corrected chi connectivity index (χ3v) is 14.4. The predicted molar refractivity (Wildman–Crippen MR) is 188 cm³/mol. The number of benzene rings is 6. The lowest BCUT2D eigenvalue weighted by Gasteiger charge is -2.34. The molecule has 0 aromatic heterocycles. The summed E-state index contributed by atoms with van der Waals surface area (Å²) < 4.78 is 30.8. The van der Waals surface area contributed by atoms with Gasteiger partial charge >= 0.3 is 0 Å². The molecule has 0 aliphatic heterocycles. The summed E-state index contributed by atoms with van der Waals surface area (Å²) in [6, 6.07) is 57.9. The number of nitrogens with one attached hydrogen (secondary N) is 1. The molecule has 0 radical (unpaired) electrons. The summed E-state index contributed by atoms with van der Waals surface area (Å²) in [5.74, 6) is -0.172. The highest BCUT2D eigenvalue weighted by molar-refractivity contribution is 7.88. The molecule has 224 valence electrons. The first kappa shape index (κ1) is 30.4. The van der Waals surface area contributed by atoms with Crippen LogP contribution in [0.25, 0.3) is 0 Å². The van der Waals surface area contributed by atoms with E-state index in [9.17, 15) is 8.42 Å². The van der Waals surface area contributed by atoms with E-state index >= 15 is 0 Å². The Bertz CT molecular complexity index is 1830. The summed E-state index contributed by atoms with van der Waals surface area (Å²) in [7, 11) is -6.59. The molecular weight excluding hydrogens is 589 g/mol. The van der Waals surface area contributed by atoms with Crippen molar-refractivity contribution in [2.75, 3.05) is 0 Å². The van der Waals surface area contributed by atoms with Gasteiger partial charge in [0.2, 0.25) is 10.0 Å². The molecule has 0 fully saturated rings. The van der Waals surface area contributed by atoms with Gasteiger partial charge in [0.05, 0.1) is 17.8 Å². The maximum Gasteiger partial charge on any atom is 0.216 e. The van der Waals surface area contributed by atoms with Gasteiger partial charge in [0.1, 0.15) is 0 Å². The molecule has 0 amide bonds. The number of nitrogens with two attached hydrogens (primary N) is 1. The van der Waals surface area contributed by atoms with Crippen LogP contribution < -0.4 is 31.2 Å². The second-order valence-corrected chi connectivity index (χ2v) is 16.8. The molecule has 3 N–H and O–H groups in total. The zero-order chi connectivity index (χ0) is 31.1. The van der Waals surface area contributed by atoms with Crippen LogP contribution in [-0.4, -0.2) is 16.5 Å². The molecule has 0 spiro atoms. The van der Waals surface area contributed by atoms with E-state index in [1.54, 1.807) is 0 Å². The molecule has 0 bridgehead atoms. The van der Waals surface area contributed by atoms with E-state index in [0.717, 1.165) is 21.9 Å². The highest BCUT2D eigenvalue weighted by Gasteiger charge is 2.41. The largest absolute Gasteiger partial charge is 0.322 e. The van der Waals surface area contributed by atoms with E-state index < -0.39 is 30.2 Å². The van der Waals surface area contributed by atoms with Gasteiger partial charge in [0.25, 0.3) is 0 Å². The van der Waals surface area contributed by atoms with Gasteiger partial charge in [0, 0.05) is 0 Å². The first-order valence-electron chi connectivity index (χ1n) is 15.1. The Morgan fingerprint density at radius 2 is 0.911 bits per heavy atom. The molecular formula is C39H36N2O2SSi. The summed E-state index contributed by atoms with van der Waals surface area (Å²) in [5.41, 5.74) is 9.12. The van der Waals surface area contributed by atoms with Crippen molar-refractivity contribution in [3.63, 3.8) is 0 Å². The van der Waals surface area contributed by atoms with Gasteiger partial charge in [0.15, 0.2) is 8.07 Å². The first-order chi connectivity index (χ1) is 22.0. The minimum absolute atomic E-state index is 0.172. The van der Waals surface area contributed by atoms with Crippen LogP contribution in [0.2, 0.25) is 0 Å². The topological polar surface area (TPSA) is 72.2 Å². The molecule has 6 heteroatoms. The lowest BCUT2D eigenvalue weighted by atomic mass is 9.95. The van der Waals surface area contributed by atoms with Crippen molar-refractivity contribution in [2.24, 2.45) is 5.73 Å². The average molecular weight is 625 g/mol. The zero-order valence-corrected chi connectivity index (χ0v) is 26.7. The van der Waals surface area contributed by atoms with E-state index in [1.807, 2.05) is 91.0 Å². The first-order valence-corrected chi connectivity index (χ1v) is 18.7. The average Bonchev–Trinajstić information content (AvgIpc) is 3.09. The Hall–Kier alpha value is -4.59. The molecule has 45 heavy (non-hydrogen) atoms. The Labute approximate surface area is 267 Å². The van der Waals surface area contributed by atoms with E-state index in [0.29, 0.717) is 0 Å². The fourth-order valence-electron chi connectivity index (χ4n) is 6.29. The number of sulfonamides is 1. The monoisotopic (exact) mass is 624 g/mol. The zero-order valence-electron chi connectivity index (χ0n) is 24.9. The van der Waals surface area contributed by atoms with Crippen LogP contribution in [0.5, 0.6) is 0 Å². The molecule has 0 saturated heterocycles. The predicted octanol–water partition coefficient (Wildman–Crippen LogP) is 4.92. The summed E-state index contributed by atoms with van der Waals surface area (Å²) in [6.07, 6.45) is 0. The lowest BCUT2D eigenvalue weighted by Crippen LogP contribution is -2.74. The second kappa shape index (κ2) is 13.6. The molecule has 6 rings (SSSR count). The Morgan fingerprint density at radius 3 is 1.38 bits per heavy atom. The SMILES string of the molecule is NC(c1ccccc1)C(NS(=O)(=O)Cc1cccc([Si](c2ccccc2)(c2ccccc2)c2ccccc2)c1)c1ccccc1. The van der Waals surface area contributed by atoms with E-state index in [1.165, 1.54) is 15.6 Å². The van der Waals surface area contributed by atoms with Crippen molar-refractivity contribution in [1.82, 2.24) is 4.72 Å². The van der Waals surface area contributed by atoms with E-state index in [2.05, 4.69) is 89.7 Å². The maximum atomic E-state index is 13.9. The Balaban J connectivity index is 1.41. The molecule has 0 aliphatic rings. The standard InChI is InChI=1S/C39H36N2O2SSi/c40-38(32-18-6-1-7-19-32)39(33-20-8-2-9-21-33)41-44(42,43)30-31-17-16-28-37(29-31)45(34-22-10-3-11-23-34,35-24-12-4-13-25-35)36-26-14-5-15-27-36/h1-29,38-39,41H,30,40H2. The summed E-state index contributed by atoms with van der Waals surface area (Å²) in [4.78, 5) is 0. The Morgan fingerprint density at radius 1 is 0.511 bits per heavy atom. The third-order valence-electron chi connectivity index (χ3n) is 8.35. The van der Waals surface area contributed by atoms with Gasteiger partial charge in [-0.25, -0.2) is 13.1 Å². The molecule has 6 aromatic carbocycles. The van der Waals surface area contributed by atoms with Gasteiger partial charge in [-0.2, -0.15) is 0 Å². The van der Waals surface area contributed by atoms with Crippen molar-refractivity contribution in [3.05, 3.63) is 193 Å². The van der Waals surface area contributed by atoms with Crippen molar-refractivity contribution in [2.45, 2.75) is 17.8 Å². The minimum atomic E-state index is -3.81. The fraction of sp³-hybridized carbons (Fsp3) is 0.0769. The van der Waals surface area contributed by atoms with Crippen molar-refractivity contribution in [3.8, 4) is 0 Å². The fourth-order valence-corrected chi connectivity index (χ4v) is 12.5. The van der Waals surface area contributed by atoms with Crippen molar-refractivity contribution >= 4 is 38.8 Å². The normalized spacial score (nSPS) is 13.2. The molecule has 0 aliphatic carbocycles. The van der Waals surface area contributed by atoms with Crippen LogP contribution in [0.4, 0.5) is 0 Å². The quantitative estimate of drug-likeness (QED) is 0.159. The molecule has 0 heterocycles. The third kappa shape index (κ3) is 6.60. The highest BCUT2D eigenvalue weighted by atomic mass is 32.2. The van der Waals surface area contributed by atoms with Crippen LogP contribution in [0.1, 0.15) is 28.8 Å². The minimum Gasteiger partial charge on any atom is -0.322 e. The van der Waals surface area contributed by atoms with Crippen LogP contribution in [0.15, 0.2) is 176 Å². The number of rotatable bonds is 11. The van der Waals surface area contributed by atoms with Crippen LogP contribution in [-0.2, 0) is 15.8 Å². The van der Waals surface area contributed by atoms with Crippen LogP contribution in [0.3, 0.4) is 0 Å². The van der Waals surface area contributed by atoms with Gasteiger partial charge in [-0.15, -0.1) is 0 Å². The van der Waals surface area contributed by atoms with Gasteiger partial charge in [-0.05, 0) is 37.4 Å². The van der Waals surface area contributed by atoms with E-state index in [-0.39, 0.29) is 5.75 Å². The highest BCUT2D eigenvalue weighted by Crippen LogP contribution is 2.28. The van der Waals surface area contributed by atoms with Crippen LogP contribution >= 0.6 is 0 Å². The van der Waals surface area contributed by atoms with Gasteiger partial charge < -0.3 is 5.73 Å². The Kier molecular flexibility index (Phi) is 9.19. The van der Waals surface area contributed by atoms with Crippen molar-refractivity contribution < 1.29 is 8.42 Å². The van der Waals surface area contributed by atoms with Crippen LogP contribution in [0, 0.1) is 0 Å². The molecule has 6 aromatic rings. The van der Waals surface area contributed by atoms with Gasteiger partial charge in [-0.3, -0.25) is 0 Å². The van der Waals surface area contributed by atoms with Gasteiger partial charge in [-0.1, -0.05) is 176 Å². The second-order valence-electron chi connectivity index (χ2n) is 11.3. The summed E-state index contributed by atoms with van der Waals surface area (Å²) in [5, 5.41) is 4.83. The number of hydrogen-bond donors (Lipinski definition) is 2.